The normalized spacial score (nSPS) is 26.5. The number of nitrogens with zero attached hydrogens (tertiary/aromatic N) is 3. The van der Waals surface area contributed by atoms with Gasteiger partial charge in [0, 0.05) is 31.0 Å². The average Bonchev–Trinajstić information content (AvgIpc) is 3.49. The van der Waals surface area contributed by atoms with Crippen molar-refractivity contribution in [3.63, 3.8) is 0 Å². The van der Waals surface area contributed by atoms with E-state index < -0.39 is 11.5 Å². The van der Waals surface area contributed by atoms with Crippen molar-refractivity contribution in [1.29, 1.82) is 10.7 Å². The number of nitriles is 1. The molecule has 3 heterocycles. The van der Waals surface area contributed by atoms with E-state index in [-0.39, 0.29) is 23.0 Å². The van der Waals surface area contributed by atoms with Gasteiger partial charge in [0.25, 0.3) is 5.91 Å². The molecular formula is C25H23N5O2S. The summed E-state index contributed by atoms with van der Waals surface area (Å²) in [6, 6.07) is 18.8. The van der Waals surface area contributed by atoms with Crippen LogP contribution in [0.4, 0.5) is 0 Å². The second-order valence-electron chi connectivity index (χ2n) is 8.68. The Morgan fingerprint density at radius 1 is 1.24 bits per heavy atom. The number of fused-ring (bicyclic) bond motifs is 1. The van der Waals surface area contributed by atoms with E-state index in [0.29, 0.717) is 30.6 Å². The molecule has 166 valence electrons. The Bertz CT molecular complexity index is 1220. The van der Waals surface area contributed by atoms with E-state index in [1.54, 1.807) is 41.9 Å². The molecule has 3 atom stereocenters. The van der Waals surface area contributed by atoms with Crippen molar-refractivity contribution in [3.05, 3.63) is 76.7 Å². The lowest BCUT2D eigenvalue weighted by Crippen LogP contribution is -2.70. The second kappa shape index (κ2) is 8.09. The molecule has 2 amide bonds. The third-order valence-electron chi connectivity index (χ3n) is 6.82. The van der Waals surface area contributed by atoms with Crippen LogP contribution in [0.5, 0.6) is 0 Å². The average molecular weight is 458 g/mol. The highest BCUT2D eigenvalue weighted by Crippen LogP contribution is 2.48. The van der Waals surface area contributed by atoms with Crippen LogP contribution in [-0.2, 0) is 4.79 Å². The van der Waals surface area contributed by atoms with Crippen molar-refractivity contribution in [3.8, 4) is 6.07 Å². The van der Waals surface area contributed by atoms with Crippen molar-refractivity contribution >= 4 is 35.1 Å². The number of nitrogens with one attached hydrogen (secondary N) is 2. The van der Waals surface area contributed by atoms with Gasteiger partial charge in [0.2, 0.25) is 5.91 Å². The van der Waals surface area contributed by atoms with Gasteiger partial charge in [-0.2, -0.15) is 5.26 Å². The Kier molecular flexibility index (Phi) is 5.22. The molecule has 0 radical (unpaired) electrons. The van der Waals surface area contributed by atoms with Crippen LogP contribution in [0.15, 0.2) is 60.0 Å². The fourth-order valence-corrected chi connectivity index (χ4v) is 6.39. The molecule has 3 aliphatic heterocycles. The number of hydrogen-bond acceptors (Lipinski definition) is 5. The predicted molar refractivity (Wildman–Crippen MR) is 127 cm³/mol. The molecule has 33 heavy (non-hydrogen) atoms. The maximum Gasteiger partial charge on any atom is 0.253 e. The summed E-state index contributed by atoms with van der Waals surface area (Å²) in [6.45, 7) is 0.665. The first-order valence-corrected chi connectivity index (χ1v) is 11.7. The van der Waals surface area contributed by atoms with E-state index in [9.17, 15) is 14.9 Å². The van der Waals surface area contributed by atoms with Crippen molar-refractivity contribution in [2.45, 2.75) is 17.2 Å². The van der Waals surface area contributed by atoms with Gasteiger partial charge in [-0.15, -0.1) is 11.8 Å². The van der Waals surface area contributed by atoms with Gasteiger partial charge in [-0.05, 0) is 47.2 Å². The third kappa shape index (κ3) is 3.49. The van der Waals surface area contributed by atoms with E-state index in [4.69, 9.17) is 5.41 Å². The Morgan fingerprint density at radius 2 is 2.03 bits per heavy atom. The van der Waals surface area contributed by atoms with Gasteiger partial charge >= 0.3 is 0 Å². The van der Waals surface area contributed by atoms with Crippen molar-refractivity contribution < 1.29 is 9.59 Å². The summed E-state index contributed by atoms with van der Waals surface area (Å²) in [5.41, 5.74) is 2.55. The molecule has 0 bridgehead atoms. The Hall–Kier alpha value is -3.57. The first-order valence-electron chi connectivity index (χ1n) is 10.8. The third-order valence-corrected chi connectivity index (χ3v) is 8.15. The maximum atomic E-state index is 13.3. The minimum absolute atomic E-state index is 0.0326. The van der Waals surface area contributed by atoms with Crippen LogP contribution in [-0.4, -0.2) is 58.5 Å². The van der Waals surface area contributed by atoms with Gasteiger partial charge in [0.05, 0.1) is 23.1 Å². The highest BCUT2D eigenvalue weighted by Gasteiger charge is 2.60. The van der Waals surface area contributed by atoms with E-state index in [0.717, 1.165) is 11.1 Å². The van der Waals surface area contributed by atoms with E-state index in [1.165, 1.54) is 4.90 Å². The second-order valence-corrected chi connectivity index (χ2v) is 9.76. The van der Waals surface area contributed by atoms with Crippen LogP contribution in [0, 0.1) is 22.7 Å². The van der Waals surface area contributed by atoms with Gasteiger partial charge in [-0.3, -0.25) is 19.9 Å². The van der Waals surface area contributed by atoms with Crippen LogP contribution in [0.25, 0.3) is 5.57 Å². The zero-order chi connectivity index (χ0) is 23.2. The summed E-state index contributed by atoms with van der Waals surface area (Å²) >= 11 is 1.63. The van der Waals surface area contributed by atoms with Crippen LogP contribution < -0.4 is 5.32 Å². The number of rotatable bonds is 3. The summed E-state index contributed by atoms with van der Waals surface area (Å²) in [5.74, 6) is -0.626. The highest BCUT2D eigenvalue weighted by atomic mass is 32.2. The molecule has 2 aromatic carbocycles. The lowest BCUT2D eigenvalue weighted by molar-refractivity contribution is -0.133. The van der Waals surface area contributed by atoms with Crippen LogP contribution in [0.2, 0.25) is 0 Å². The monoisotopic (exact) mass is 457 g/mol. The van der Waals surface area contributed by atoms with Crippen LogP contribution in [0.1, 0.15) is 27.9 Å². The van der Waals surface area contributed by atoms with Crippen LogP contribution >= 0.6 is 11.8 Å². The van der Waals surface area contributed by atoms with Crippen molar-refractivity contribution in [1.82, 2.24) is 15.1 Å². The Balaban J connectivity index is 1.46. The zero-order valence-electron chi connectivity index (χ0n) is 18.1. The lowest BCUT2D eigenvalue weighted by atomic mass is 9.78. The van der Waals surface area contributed by atoms with Gasteiger partial charge in [-0.1, -0.05) is 30.3 Å². The number of guanidine groups is 1. The molecule has 2 fully saturated rings. The molecule has 0 aliphatic carbocycles. The molecule has 0 saturated carbocycles. The molecular weight excluding hydrogens is 434 g/mol. The predicted octanol–water partition coefficient (Wildman–Crippen LogP) is 2.91. The number of benzene rings is 2. The van der Waals surface area contributed by atoms with Gasteiger partial charge < -0.3 is 10.2 Å². The summed E-state index contributed by atoms with van der Waals surface area (Å²) in [4.78, 5) is 29.6. The highest BCUT2D eigenvalue weighted by molar-refractivity contribution is 8.03. The fraction of sp³-hybridized carbons (Fsp3) is 0.280. The molecule has 5 rings (SSSR count). The summed E-state index contributed by atoms with van der Waals surface area (Å²) in [7, 11) is 1.60. The van der Waals surface area contributed by atoms with Crippen LogP contribution in [0.3, 0.4) is 0 Å². The molecule has 2 aromatic rings. The molecule has 2 saturated heterocycles. The van der Waals surface area contributed by atoms with E-state index in [1.807, 2.05) is 36.4 Å². The Morgan fingerprint density at radius 3 is 2.79 bits per heavy atom. The molecule has 7 nitrogen and oxygen atoms in total. The number of allylic oxidation sites excluding steroid dienone is 1. The summed E-state index contributed by atoms with van der Waals surface area (Å²) in [6.07, 6.45) is 0.681. The Labute approximate surface area is 196 Å². The number of hydrogen-bond donors (Lipinski definition) is 2. The standard InChI is InChI=1S/C25H23N5O2S/c1-29-23(32)20-13-30(22(31)17-7-3-2-4-8-17)15-25(20,28-24(29)27)21-11-19(14-33-21)18-9-5-6-16(10-18)12-26/h2-10,14,20-21H,11,13,15H2,1H3,(H2,27,28)/t20?,21?,25-/m0/s1. The number of thioether (sulfide) groups is 1. The molecule has 2 unspecified atom stereocenters. The SMILES string of the molecule is CN1C(=N)N[C@@]2(C3CC(c4cccc(C#N)c4)=CS3)CN(C(=O)c3ccccc3)CC2C1=O. The quantitative estimate of drug-likeness (QED) is 0.738. The zero-order valence-corrected chi connectivity index (χ0v) is 18.9. The molecule has 0 aromatic heterocycles. The number of likely N-dealkylation sites (tertiary alicyclic amines) is 1. The minimum Gasteiger partial charge on any atom is -0.347 e. The summed E-state index contributed by atoms with van der Waals surface area (Å²) in [5, 5.41) is 23.0. The number of carbonyl (C=O) groups is 2. The largest absolute Gasteiger partial charge is 0.347 e. The van der Waals surface area contributed by atoms with E-state index >= 15 is 0 Å². The van der Waals surface area contributed by atoms with Gasteiger partial charge in [0.1, 0.15) is 0 Å². The van der Waals surface area contributed by atoms with E-state index in [2.05, 4.69) is 16.8 Å². The topological polar surface area (TPSA) is 100 Å². The fourth-order valence-electron chi connectivity index (χ4n) is 5.01. The first kappa shape index (κ1) is 21.3. The first-order chi connectivity index (χ1) is 15.9. The lowest BCUT2D eigenvalue weighted by Gasteiger charge is -2.46. The van der Waals surface area contributed by atoms with Gasteiger partial charge in [0.15, 0.2) is 5.96 Å². The molecule has 2 N–H and O–H groups in total. The minimum atomic E-state index is -0.735. The molecule has 8 heteroatoms. The summed E-state index contributed by atoms with van der Waals surface area (Å²) < 4.78 is 0. The van der Waals surface area contributed by atoms with Gasteiger partial charge in [-0.25, -0.2) is 0 Å². The molecule has 0 spiro atoms. The maximum absolute atomic E-state index is 13.3. The molecule has 3 aliphatic rings. The number of amides is 2. The smallest absolute Gasteiger partial charge is 0.253 e. The van der Waals surface area contributed by atoms with Crippen molar-refractivity contribution in [2.24, 2.45) is 5.92 Å². The van der Waals surface area contributed by atoms with Crippen molar-refractivity contribution in [2.75, 3.05) is 20.1 Å². The number of carbonyl (C=O) groups excluding carboxylic acids is 2.